The Balaban J connectivity index is 1.85. The summed E-state index contributed by atoms with van der Waals surface area (Å²) in [5.41, 5.74) is 12.9. The van der Waals surface area contributed by atoms with Gasteiger partial charge in [0.1, 0.15) is 5.75 Å². The lowest BCUT2D eigenvalue weighted by Crippen LogP contribution is -2.13. The van der Waals surface area contributed by atoms with Crippen molar-refractivity contribution in [1.82, 2.24) is 0 Å². The fourth-order valence-corrected chi connectivity index (χ4v) is 1.95. The molecule has 0 bridgehead atoms. The maximum Gasteiger partial charge on any atom is 0.250 e. The summed E-state index contributed by atoms with van der Waals surface area (Å²) < 4.78 is 5.61. The van der Waals surface area contributed by atoms with Crippen LogP contribution in [0.25, 0.3) is 0 Å². The molecular weight excluding hydrogens is 252 g/mol. The van der Waals surface area contributed by atoms with Gasteiger partial charge in [0, 0.05) is 5.69 Å². The van der Waals surface area contributed by atoms with Crippen LogP contribution in [0.2, 0.25) is 0 Å². The Labute approximate surface area is 118 Å². The van der Waals surface area contributed by atoms with Crippen molar-refractivity contribution in [3.05, 3.63) is 59.7 Å². The predicted octanol–water partition coefficient (Wildman–Crippen LogP) is 2.38. The molecule has 0 aromatic heterocycles. The van der Waals surface area contributed by atoms with Crippen LogP contribution < -0.4 is 16.2 Å². The number of aryl methyl sites for hydroxylation is 1. The second-order valence-corrected chi connectivity index (χ2v) is 4.55. The van der Waals surface area contributed by atoms with Gasteiger partial charge in [-0.25, -0.2) is 0 Å². The molecule has 104 valence electrons. The molecule has 20 heavy (non-hydrogen) atoms. The molecule has 0 atom stereocenters. The normalized spacial score (nSPS) is 10.2. The fraction of sp³-hybridized carbons (Fsp3) is 0.188. The number of carbonyl (C=O) groups is 1. The Kier molecular flexibility index (Phi) is 4.60. The minimum absolute atomic E-state index is 0.297. The van der Waals surface area contributed by atoms with Crippen LogP contribution in [0.15, 0.2) is 48.5 Å². The van der Waals surface area contributed by atoms with E-state index in [-0.39, 0.29) is 0 Å². The second-order valence-electron chi connectivity index (χ2n) is 4.55. The van der Waals surface area contributed by atoms with E-state index in [1.807, 2.05) is 18.2 Å². The number of rotatable bonds is 6. The van der Waals surface area contributed by atoms with Gasteiger partial charge in [0.05, 0.1) is 12.2 Å². The van der Waals surface area contributed by atoms with Gasteiger partial charge in [-0.15, -0.1) is 0 Å². The summed E-state index contributed by atoms with van der Waals surface area (Å²) in [5.74, 6) is 0.0679. The number of hydrogen-bond donors (Lipinski definition) is 2. The van der Waals surface area contributed by atoms with Gasteiger partial charge in [0.15, 0.2) is 0 Å². The average Bonchev–Trinajstić information content (AvgIpc) is 2.46. The largest absolute Gasteiger partial charge is 0.494 e. The van der Waals surface area contributed by atoms with Gasteiger partial charge >= 0.3 is 0 Å². The number of ether oxygens (including phenoxy) is 1. The van der Waals surface area contributed by atoms with Crippen molar-refractivity contribution in [3.8, 4) is 5.75 Å². The van der Waals surface area contributed by atoms with E-state index in [1.54, 1.807) is 18.2 Å². The van der Waals surface area contributed by atoms with Crippen molar-refractivity contribution in [2.45, 2.75) is 12.8 Å². The highest BCUT2D eigenvalue weighted by atomic mass is 16.5. The van der Waals surface area contributed by atoms with Crippen molar-refractivity contribution in [2.75, 3.05) is 12.3 Å². The van der Waals surface area contributed by atoms with Gasteiger partial charge in [-0.05, 0) is 36.6 Å². The van der Waals surface area contributed by atoms with Gasteiger partial charge in [0.25, 0.3) is 5.91 Å². The molecule has 1 amide bonds. The summed E-state index contributed by atoms with van der Waals surface area (Å²) in [6.45, 7) is 0.580. The van der Waals surface area contributed by atoms with Crippen molar-refractivity contribution in [3.63, 3.8) is 0 Å². The molecule has 0 saturated carbocycles. The molecule has 4 heteroatoms. The number of hydrogen-bond acceptors (Lipinski definition) is 3. The summed E-state index contributed by atoms with van der Waals surface area (Å²) in [7, 11) is 0. The lowest BCUT2D eigenvalue weighted by atomic mass is 10.1. The number of primary amides is 1. The molecule has 0 saturated heterocycles. The third-order valence-corrected chi connectivity index (χ3v) is 3.01. The topological polar surface area (TPSA) is 78.3 Å². The van der Waals surface area contributed by atoms with Gasteiger partial charge in [0.2, 0.25) is 0 Å². The molecule has 0 unspecified atom stereocenters. The summed E-state index contributed by atoms with van der Waals surface area (Å²) >= 11 is 0. The highest BCUT2D eigenvalue weighted by molar-refractivity contribution is 5.98. The standard InChI is InChI=1S/C16H18N2O2/c17-15-9-8-13(11-14(15)16(18)19)20-10-4-7-12-5-2-1-3-6-12/h1-3,5-6,8-9,11H,4,7,10,17H2,(H2,18,19). The van der Waals surface area contributed by atoms with Crippen LogP contribution in [0, 0.1) is 0 Å². The van der Waals surface area contributed by atoms with E-state index in [2.05, 4.69) is 12.1 Å². The summed E-state index contributed by atoms with van der Waals surface area (Å²) in [5, 5.41) is 0. The van der Waals surface area contributed by atoms with E-state index in [0.717, 1.165) is 12.8 Å². The minimum Gasteiger partial charge on any atom is -0.494 e. The van der Waals surface area contributed by atoms with Crippen LogP contribution >= 0.6 is 0 Å². The third kappa shape index (κ3) is 3.75. The Hall–Kier alpha value is -2.49. The molecule has 0 heterocycles. The van der Waals surface area contributed by atoms with Crippen LogP contribution in [-0.4, -0.2) is 12.5 Å². The van der Waals surface area contributed by atoms with Gasteiger partial charge in [-0.2, -0.15) is 0 Å². The minimum atomic E-state index is -0.544. The van der Waals surface area contributed by atoms with E-state index >= 15 is 0 Å². The molecule has 0 aliphatic rings. The number of amides is 1. The Morgan fingerprint density at radius 1 is 1.10 bits per heavy atom. The van der Waals surface area contributed by atoms with Crippen LogP contribution in [0.4, 0.5) is 5.69 Å². The summed E-state index contributed by atoms with van der Waals surface area (Å²) in [6.07, 6.45) is 1.86. The van der Waals surface area contributed by atoms with E-state index in [4.69, 9.17) is 16.2 Å². The SMILES string of the molecule is NC(=O)c1cc(OCCCc2ccccc2)ccc1N. The number of benzene rings is 2. The van der Waals surface area contributed by atoms with E-state index in [0.29, 0.717) is 23.6 Å². The third-order valence-electron chi connectivity index (χ3n) is 3.01. The van der Waals surface area contributed by atoms with Crippen molar-refractivity contribution in [2.24, 2.45) is 5.73 Å². The first kappa shape index (κ1) is 13.9. The molecule has 4 nitrogen and oxygen atoms in total. The molecule has 2 aromatic carbocycles. The summed E-state index contributed by atoms with van der Waals surface area (Å²) in [6, 6.07) is 15.2. The number of nitrogens with two attached hydrogens (primary N) is 2. The van der Waals surface area contributed by atoms with Crippen LogP contribution in [-0.2, 0) is 6.42 Å². The quantitative estimate of drug-likeness (QED) is 0.625. The Bertz CT molecular complexity index is 582. The van der Waals surface area contributed by atoms with Crippen molar-refractivity contribution >= 4 is 11.6 Å². The van der Waals surface area contributed by atoms with E-state index in [9.17, 15) is 4.79 Å². The van der Waals surface area contributed by atoms with E-state index in [1.165, 1.54) is 5.56 Å². The molecule has 2 aromatic rings. The first-order chi connectivity index (χ1) is 9.66. The maximum absolute atomic E-state index is 11.2. The zero-order chi connectivity index (χ0) is 14.4. The maximum atomic E-state index is 11.2. The molecular formula is C16H18N2O2. The average molecular weight is 270 g/mol. The lowest BCUT2D eigenvalue weighted by Gasteiger charge is -2.08. The van der Waals surface area contributed by atoms with Gasteiger partial charge in [-0.1, -0.05) is 30.3 Å². The Morgan fingerprint density at radius 3 is 2.55 bits per heavy atom. The summed E-state index contributed by atoms with van der Waals surface area (Å²) in [4.78, 5) is 11.2. The molecule has 0 aliphatic heterocycles. The van der Waals surface area contributed by atoms with Gasteiger partial charge in [-0.3, -0.25) is 4.79 Å². The lowest BCUT2D eigenvalue weighted by molar-refractivity contribution is 0.100. The number of nitrogen functional groups attached to an aromatic ring is 1. The second kappa shape index (κ2) is 6.61. The predicted molar refractivity (Wildman–Crippen MR) is 79.6 cm³/mol. The van der Waals surface area contributed by atoms with E-state index < -0.39 is 5.91 Å². The van der Waals surface area contributed by atoms with Crippen LogP contribution in [0.3, 0.4) is 0 Å². The first-order valence-corrected chi connectivity index (χ1v) is 6.53. The molecule has 0 fully saturated rings. The first-order valence-electron chi connectivity index (χ1n) is 6.53. The number of carbonyl (C=O) groups excluding carboxylic acids is 1. The molecule has 2 rings (SSSR count). The Morgan fingerprint density at radius 2 is 1.85 bits per heavy atom. The zero-order valence-corrected chi connectivity index (χ0v) is 11.2. The van der Waals surface area contributed by atoms with Crippen LogP contribution in [0.5, 0.6) is 5.75 Å². The molecule has 4 N–H and O–H groups in total. The van der Waals surface area contributed by atoms with Gasteiger partial charge < -0.3 is 16.2 Å². The van der Waals surface area contributed by atoms with Crippen LogP contribution in [0.1, 0.15) is 22.3 Å². The molecule has 0 aliphatic carbocycles. The fourth-order valence-electron chi connectivity index (χ4n) is 1.95. The van der Waals surface area contributed by atoms with Crippen molar-refractivity contribution in [1.29, 1.82) is 0 Å². The highest BCUT2D eigenvalue weighted by Crippen LogP contribution is 2.19. The zero-order valence-electron chi connectivity index (χ0n) is 11.2. The highest BCUT2D eigenvalue weighted by Gasteiger charge is 2.07. The molecule has 0 radical (unpaired) electrons. The smallest absolute Gasteiger partial charge is 0.250 e. The number of anilines is 1. The van der Waals surface area contributed by atoms with Crippen molar-refractivity contribution < 1.29 is 9.53 Å². The molecule has 0 spiro atoms. The monoisotopic (exact) mass is 270 g/mol.